The van der Waals surface area contributed by atoms with Gasteiger partial charge in [-0.15, -0.1) is 0 Å². The fourth-order valence-corrected chi connectivity index (χ4v) is 5.60. The van der Waals surface area contributed by atoms with Gasteiger partial charge in [-0.05, 0) is 66.2 Å². The number of benzene rings is 1. The van der Waals surface area contributed by atoms with Crippen molar-refractivity contribution in [3.63, 3.8) is 0 Å². The molecule has 272 valence electrons. The summed E-state index contributed by atoms with van der Waals surface area (Å²) in [6.07, 6.45) is 2.82. The van der Waals surface area contributed by atoms with Crippen molar-refractivity contribution in [2.75, 3.05) is 82.9 Å². The van der Waals surface area contributed by atoms with Crippen LogP contribution in [0.1, 0.15) is 73.6 Å². The zero-order valence-electron chi connectivity index (χ0n) is 30.6. The maximum Gasteiger partial charge on any atom is 0.410 e. The molecule has 0 aliphatic carbocycles. The highest BCUT2D eigenvalue weighted by molar-refractivity contribution is 6.07. The fourth-order valence-electron chi connectivity index (χ4n) is 5.60. The van der Waals surface area contributed by atoms with E-state index in [0.717, 1.165) is 85.4 Å². The number of pyridine rings is 1. The summed E-state index contributed by atoms with van der Waals surface area (Å²) in [5, 5.41) is 1.02. The minimum Gasteiger partial charge on any atom is -0.460 e. The van der Waals surface area contributed by atoms with Crippen molar-refractivity contribution < 1.29 is 28.5 Å². The number of hydrogen-bond acceptors (Lipinski definition) is 11. The molecule has 0 spiro atoms. The van der Waals surface area contributed by atoms with E-state index in [9.17, 15) is 9.59 Å². The van der Waals surface area contributed by atoms with Crippen LogP contribution < -0.4 is 10.6 Å². The first-order chi connectivity index (χ1) is 23.2. The quantitative estimate of drug-likeness (QED) is 0.152. The molecule has 1 amide bonds. The highest BCUT2D eigenvalue weighted by atomic mass is 16.6. The smallest absolute Gasteiger partial charge is 0.410 e. The van der Waals surface area contributed by atoms with Gasteiger partial charge in [0.1, 0.15) is 33.9 Å². The van der Waals surface area contributed by atoms with E-state index in [-0.39, 0.29) is 25.6 Å². The largest absolute Gasteiger partial charge is 0.460 e. The van der Waals surface area contributed by atoms with E-state index in [1.807, 2.05) is 47.6 Å². The van der Waals surface area contributed by atoms with Crippen molar-refractivity contribution in [3.05, 3.63) is 24.0 Å². The van der Waals surface area contributed by atoms with Crippen LogP contribution in [-0.2, 0) is 30.2 Å². The van der Waals surface area contributed by atoms with Crippen molar-refractivity contribution in [3.8, 4) is 0 Å². The van der Waals surface area contributed by atoms with Gasteiger partial charge in [0.25, 0.3) is 0 Å². The summed E-state index contributed by atoms with van der Waals surface area (Å²) in [5.74, 6) is 1.13. The Morgan fingerprint density at radius 3 is 2.24 bits per heavy atom. The molecule has 0 bridgehead atoms. The zero-order valence-corrected chi connectivity index (χ0v) is 30.6. The summed E-state index contributed by atoms with van der Waals surface area (Å²) in [6.45, 7) is 19.8. The molecule has 2 aromatic heterocycles. The molecule has 0 atom stereocenters. The first-order valence-corrected chi connectivity index (χ1v) is 17.6. The molecular weight excluding hydrogens is 626 g/mol. The maximum atomic E-state index is 12.8. The van der Waals surface area contributed by atoms with Gasteiger partial charge in [-0.25, -0.2) is 14.8 Å². The number of hydrogen-bond donors (Lipinski definition) is 2. The minimum absolute atomic E-state index is 0.158. The number of ether oxygens (including phenoxy) is 4. The first kappa shape index (κ1) is 38.1. The summed E-state index contributed by atoms with van der Waals surface area (Å²) in [5.41, 5.74) is 8.85. The molecule has 13 heteroatoms. The Bertz CT molecular complexity index is 1520. The van der Waals surface area contributed by atoms with Crippen LogP contribution in [0, 0.1) is 0 Å². The van der Waals surface area contributed by atoms with E-state index in [1.165, 1.54) is 0 Å². The van der Waals surface area contributed by atoms with E-state index >= 15 is 0 Å². The minimum atomic E-state index is -0.614. The van der Waals surface area contributed by atoms with Gasteiger partial charge in [0.15, 0.2) is 0 Å². The molecule has 0 radical (unpaired) electrons. The van der Waals surface area contributed by atoms with Crippen LogP contribution in [0.15, 0.2) is 18.2 Å². The van der Waals surface area contributed by atoms with Crippen molar-refractivity contribution in [1.29, 1.82) is 0 Å². The third kappa shape index (κ3) is 12.0. The lowest BCUT2D eigenvalue weighted by atomic mass is 10.1. The number of nitrogens with one attached hydrogen (secondary N) is 1. The second-order valence-electron chi connectivity index (χ2n) is 14.6. The second-order valence-corrected chi connectivity index (χ2v) is 14.6. The summed E-state index contributed by atoms with van der Waals surface area (Å²) in [4.78, 5) is 44.1. The van der Waals surface area contributed by atoms with Crippen LogP contribution in [-0.4, -0.2) is 120 Å². The first-order valence-electron chi connectivity index (χ1n) is 17.6. The molecule has 49 heavy (non-hydrogen) atoms. The third-order valence-electron chi connectivity index (χ3n) is 8.07. The van der Waals surface area contributed by atoms with Crippen LogP contribution in [0.5, 0.6) is 0 Å². The number of nitrogens with two attached hydrogens (primary N) is 1. The number of carbonyl (C=O) groups excluding carboxylic acids is 2. The SMILES string of the molecule is CCCCc1nc2c([nH]1)c(N)nc1ccc(N3CCN(CCOCCN(CCOCCC(=O)OC(C)(C)C)C(=O)OC(C)(C)C)CC3)cc12. The number of rotatable bonds is 16. The number of carbonyl (C=O) groups is 2. The lowest BCUT2D eigenvalue weighted by Crippen LogP contribution is -2.47. The third-order valence-corrected chi connectivity index (χ3v) is 8.07. The monoisotopic (exact) mass is 683 g/mol. The maximum absolute atomic E-state index is 12.8. The van der Waals surface area contributed by atoms with Crippen molar-refractivity contribution >= 4 is 45.5 Å². The Morgan fingerprint density at radius 2 is 1.59 bits per heavy atom. The summed E-state index contributed by atoms with van der Waals surface area (Å²) >= 11 is 0. The molecule has 1 fully saturated rings. The van der Waals surface area contributed by atoms with Gasteiger partial charge < -0.3 is 39.5 Å². The molecule has 1 aliphatic rings. The van der Waals surface area contributed by atoms with Crippen molar-refractivity contribution in [2.24, 2.45) is 0 Å². The number of aromatic nitrogens is 3. The van der Waals surface area contributed by atoms with Crippen LogP contribution in [0.3, 0.4) is 0 Å². The van der Waals surface area contributed by atoms with Crippen LogP contribution >= 0.6 is 0 Å². The van der Waals surface area contributed by atoms with E-state index in [2.05, 4.69) is 38.8 Å². The number of nitrogens with zero attached hydrogens (tertiary/aromatic N) is 5. The molecule has 1 saturated heterocycles. The Kier molecular flexibility index (Phi) is 13.5. The molecular formula is C36H57N7O6. The molecule has 13 nitrogen and oxygen atoms in total. The normalized spacial score (nSPS) is 14.5. The van der Waals surface area contributed by atoms with Crippen LogP contribution in [0.2, 0.25) is 0 Å². The fraction of sp³-hybridized carbons (Fsp3) is 0.667. The number of H-pyrrole nitrogens is 1. The summed E-state index contributed by atoms with van der Waals surface area (Å²) < 4.78 is 22.5. The van der Waals surface area contributed by atoms with E-state index in [4.69, 9.17) is 29.7 Å². The van der Waals surface area contributed by atoms with E-state index in [0.29, 0.717) is 32.1 Å². The topological polar surface area (TPSA) is 148 Å². The Balaban J connectivity index is 1.21. The van der Waals surface area contributed by atoms with Gasteiger partial charge >= 0.3 is 12.1 Å². The molecule has 0 unspecified atom stereocenters. The van der Waals surface area contributed by atoms with Crippen molar-refractivity contribution in [2.45, 2.75) is 85.4 Å². The zero-order chi connectivity index (χ0) is 35.6. The number of fused-ring (bicyclic) bond motifs is 3. The van der Waals surface area contributed by atoms with Gasteiger partial charge in [-0.2, -0.15) is 0 Å². The molecule has 1 aliphatic heterocycles. The van der Waals surface area contributed by atoms with Gasteiger partial charge in [0.05, 0.1) is 38.4 Å². The van der Waals surface area contributed by atoms with Crippen LogP contribution in [0.4, 0.5) is 16.3 Å². The lowest BCUT2D eigenvalue weighted by Gasteiger charge is -2.36. The molecule has 0 saturated carbocycles. The number of anilines is 2. The van der Waals surface area contributed by atoms with Crippen molar-refractivity contribution in [1.82, 2.24) is 24.8 Å². The predicted molar refractivity (Wildman–Crippen MR) is 193 cm³/mol. The van der Waals surface area contributed by atoms with E-state index in [1.54, 1.807) is 4.90 Å². The van der Waals surface area contributed by atoms with Gasteiger partial charge in [-0.3, -0.25) is 9.69 Å². The van der Waals surface area contributed by atoms with Gasteiger partial charge in [0, 0.05) is 63.3 Å². The molecule has 3 N–H and O–H groups in total. The number of aryl methyl sites for hydroxylation is 1. The highest BCUT2D eigenvalue weighted by Crippen LogP contribution is 2.30. The molecule has 1 aromatic carbocycles. The van der Waals surface area contributed by atoms with Gasteiger partial charge in [-0.1, -0.05) is 13.3 Å². The number of imidazole rings is 1. The number of piperazine rings is 1. The van der Waals surface area contributed by atoms with Gasteiger partial charge in [0.2, 0.25) is 0 Å². The highest BCUT2D eigenvalue weighted by Gasteiger charge is 2.23. The molecule has 3 aromatic rings. The number of nitrogen functional groups attached to an aromatic ring is 1. The average Bonchev–Trinajstić information content (AvgIpc) is 3.46. The average molecular weight is 684 g/mol. The summed E-state index contributed by atoms with van der Waals surface area (Å²) in [6, 6.07) is 6.35. The Morgan fingerprint density at radius 1 is 0.918 bits per heavy atom. The second kappa shape index (κ2) is 17.3. The Hall–Kier alpha value is -3.68. The summed E-state index contributed by atoms with van der Waals surface area (Å²) in [7, 11) is 0. The number of unbranched alkanes of at least 4 members (excludes halogenated alkanes) is 1. The number of amides is 1. The molecule has 4 rings (SSSR count). The predicted octanol–water partition coefficient (Wildman–Crippen LogP) is 5.16. The molecule has 3 heterocycles. The van der Waals surface area contributed by atoms with Crippen LogP contribution in [0.25, 0.3) is 21.9 Å². The lowest BCUT2D eigenvalue weighted by molar-refractivity contribution is -0.156. The number of aromatic amines is 1. The van der Waals surface area contributed by atoms with E-state index < -0.39 is 17.3 Å². The standard InChI is InChI=1S/C36H57N7O6/c1-8-9-10-29-39-31-27-25-26(11-12-28(27)38-33(37)32(31)40-29)42-16-14-41(15-17-42)18-22-47-24-20-43(34(45)49-36(5,6)7)19-23-46-21-13-30(44)48-35(2,3)4/h11-12,25H,8-10,13-24H2,1-7H3,(H2,37,38)(H,39,40). The Labute approximate surface area is 290 Å². The number of esters is 1.